The van der Waals surface area contributed by atoms with Crippen LogP contribution in [0.3, 0.4) is 0 Å². The van der Waals surface area contributed by atoms with Crippen molar-refractivity contribution in [2.75, 3.05) is 25.6 Å². The van der Waals surface area contributed by atoms with Crippen molar-refractivity contribution in [2.24, 2.45) is 0 Å². The van der Waals surface area contributed by atoms with Crippen LogP contribution in [-0.2, 0) is 11.2 Å². The molecule has 1 aromatic carbocycles. The van der Waals surface area contributed by atoms with Gasteiger partial charge >= 0.3 is 0 Å². The minimum Gasteiger partial charge on any atom is -0.383 e. The topological polar surface area (TPSA) is 37.4 Å². The van der Waals surface area contributed by atoms with Gasteiger partial charge in [0, 0.05) is 25.5 Å². The van der Waals surface area contributed by atoms with Crippen LogP contribution < -0.4 is 5.32 Å². The van der Waals surface area contributed by atoms with Crippen LogP contribution in [0.2, 0.25) is 0 Å². The molecule has 1 unspecified atom stereocenters. The number of ether oxygens (including phenoxy) is 1. The number of hydrogen-bond acceptors (Lipinski definition) is 3. The molecule has 4 nitrogen and oxygen atoms in total. The van der Waals surface area contributed by atoms with E-state index >= 15 is 0 Å². The van der Waals surface area contributed by atoms with E-state index in [9.17, 15) is 0 Å². The summed E-state index contributed by atoms with van der Waals surface area (Å²) in [4.78, 5) is 6.58. The lowest BCUT2D eigenvalue weighted by Gasteiger charge is -2.31. The largest absolute Gasteiger partial charge is 0.383 e. The molecule has 0 spiro atoms. The van der Waals surface area contributed by atoms with Crippen LogP contribution in [0, 0.1) is 0 Å². The molecule has 0 amide bonds. The van der Waals surface area contributed by atoms with Crippen molar-refractivity contribution in [1.82, 2.24) is 9.88 Å². The first kappa shape index (κ1) is 18.4. The molecule has 1 aromatic heterocycles. The summed E-state index contributed by atoms with van der Waals surface area (Å²) in [5.41, 5.74) is 3.29. The molecule has 0 saturated heterocycles. The molecule has 1 heterocycles. The van der Waals surface area contributed by atoms with Crippen LogP contribution in [0.4, 0.5) is 5.69 Å². The van der Waals surface area contributed by atoms with E-state index in [1.54, 1.807) is 7.11 Å². The molecule has 0 bridgehead atoms. The molecule has 1 atom stereocenters. The van der Waals surface area contributed by atoms with Gasteiger partial charge in [0.15, 0.2) is 5.11 Å². The van der Waals surface area contributed by atoms with Gasteiger partial charge in [0.2, 0.25) is 0 Å². The van der Waals surface area contributed by atoms with Gasteiger partial charge in [-0.2, -0.15) is 0 Å². The molecular formula is C19H25N3OS. The zero-order valence-electron chi connectivity index (χ0n) is 14.5. The number of nitrogens with one attached hydrogen (secondary N) is 1. The number of anilines is 1. The Bertz CT molecular complexity index is 648. The summed E-state index contributed by atoms with van der Waals surface area (Å²) in [7, 11) is 1.70. The molecule has 1 N–H and O–H groups in total. The molecule has 128 valence electrons. The van der Waals surface area contributed by atoms with Crippen LogP contribution in [-0.4, -0.2) is 35.3 Å². The van der Waals surface area contributed by atoms with E-state index in [1.165, 1.54) is 5.56 Å². The monoisotopic (exact) mass is 343 g/mol. The number of methoxy groups -OCH3 is 1. The normalized spacial score (nSPS) is 11.8. The maximum atomic E-state index is 5.69. The summed E-state index contributed by atoms with van der Waals surface area (Å²) in [5.74, 6) is 0. The smallest absolute Gasteiger partial charge is 0.174 e. The van der Waals surface area contributed by atoms with E-state index in [4.69, 9.17) is 17.0 Å². The minimum atomic E-state index is 0.0649. The van der Waals surface area contributed by atoms with Gasteiger partial charge in [0.25, 0.3) is 0 Å². The van der Waals surface area contributed by atoms with E-state index in [0.29, 0.717) is 18.3 Å². The van der Waals surface area contributed by atoms with Crippen LogP contribution in [0.25, 0.3) is 0 Å². The fourth-order valence-corrected chi connectivity index (χ4v) is 2.94. The molecule has 5 heteroatoms. The number of benzene rings is 1. The van der Waals surface area contributed by atoms with E-state index in [0.717, 1.165) is 17.8 Å². The van der Waals surface area contributed by atoms with Gasteiger partial charge < -0.3 is 15.0 Å². The highest BCUT2D eigenvalue weighted by atomic mass is 32.1. The molecule has 2 aromatic rings. The van der Waals surface area contributed by atoms with E-state index in [2.05, 4.69) is 41.2 Å². The van der Waals surface area contributed by atoms with Crippen molar-refractivity contribution in [2.45, 2.75) is 26.3 Å². The van der Waals surface area contributed by atoms with Gasteiger partial charge in [-0.1, -0.05) is 31.2 Å². The Hall–Kier alpha value is -1.98. The second-order valence-electron chi connectivity index (χ2n) is 5.56. The van der Waals surface area contributed by atoms with Gasteiger partial charge in [-0.05, 0) is 49.3 Å². The molecule has 2 rings (SSSR count). The lowest BCUT2D eigenvalue weighted by atomic mass is 10.1. The van der Waals surface area contributed by atoms with Gasteiger partial charge in [-0.3, -0.25) is 4.98 Å². The van der Waals surface area contributed by atoms with Gasteiger partial charge in [0.1, 0.15) is 0 Å². The van der Waals surface area contributed by atoms with Gasteiger partial charge in [0.05, 0.1) is 18.3 Å². The predicted octanol–water partition coefficient (Wildman–Crippen LogP) is 4.05. The molecule has 0 saturated carbocycles. The SMILES string of the molecule is CCc1ccccc1NC(=S)N(CCOC)C(C)c1ccccn1. The summed E-state index contributed by atoms with van der Waals surface area (Å²) >= 11 is 5.69. The van der Waals surface area contributed by atoms with Gasteiger partial charge in [-0.25, -0.2) is 0 Å². The Kier molecular flexibility index (Phi) is 7.15. The fourth-order valence-electron chi connectivity index (χ4n) is 2.58. The van der Waals surface area contributed by atoms with Crippen LogP contribution in [0.1, 0.15) is 31.1 Å². The highest BCUT2D eigenvalue weighted by Gasteiger charge is 2.20. The average molecular weight is 343 g/mol. The predicted molar refractivity (Wildman–Crippen MR) is 103 cm³/mol. The van der Waals surface area contributed by atoms with Crippen molar-refractivity contribution in [3.8, 4) is 0 Å². The summed E-state index contributed by atoms with van der Waals surface area (Å²) in [6, 6.07) is 14.2. The Morgan fingerprint density at radius 3 is 2.67 bits per heavy atom. The van der Waals surface area contributed by atoms with Crippen molar-refractivity contribution in [1.29, 1.82) is 0 Å². The maximum Gasteiger partial charge on any atom is 0.174 e. The first-order valence-corrected chi connectivity index (χ1v) is 8.63. The Labute approximate surface area is 149 Å². The Balaban J connectivity index is 2.18. The molecule has 0 aliphatic carbocycles. The second kappa shape index (κ2) is 9.35. The number of nitrogens with zero attached hydrogens (tertiary/aromatic N) is 2. The molecule has 24 heavy (non-hydrogen) atoms. The highest BCUT2D eigenvalue weighted by Crippen LogP contribution is 2.21. The summed E-state index contributed by atoms with van der Waals surface area (Å²) in [6.07, 6.45) is 2.77. The Morgan fingerprint density at radius 1 is 1.25 bits per heavy atom. The van der Waals surface area contributed by atoms with E-state index in [1.807, 2.05) is 36.5 Å². The van der Waals surface area contributed by atoms with E-state index < -0.39 is 0 Å². The van der Waals surface area contributed by atoms with E-state index in [-0.39, 0.29) is 6.04 Å². The third-order valence-corrected chi connectivity index (χ3v) is 4.36. The zero-order chi connectivity index (χ0) is 17.4. The van der Waals surface area contributed by atoms with Crippen molar-refractivity contribution >= 4 is 23.0 Å². The molecule has 0 radical (unpaired) electrons. The van der Waals surface area contributed by atoms with Crippen molar-refractivity contribution in [3.63, 3.8) is 0 Å². The first-order chi connectivity index (χ1) is 11.7. The fraction of sp³-hybridized carbons (Fsp3) is 0.368. The summed E-state index contributed by atoms with van der Waals surface area (Å²) in [6.45, 7) is 5.56. The maximum absolute atomic E-state index is 5.69. The number of aromatic nitrogens is 1. The first-order valence-electron chi connectivity index (χ1n) is 8.22. The zero-order valence-corrected chi connectivity index (χ0v) is 15.3. The molecule has 0 aliphatic rings. The van der Waals surface area contributed by atoms with Crippen LogP contribution in [0.15, 0.2) is 48.7 Å². The molecule has 0 fully saturated rings. The number of rotatable bonds is 7. The third kappa shape index (κ3) is 4.76. The number of thiocarbonyl (C=S) groups is 1. The number of aryl methyl sites for hydroxylation is 1. The third-order valence-electron chi connectivity index (χ3n) is 4.02. The van der Waals surface area contributed by atoms with Crippen molar-refractivity contribution < 1.29 is 4.74 Å². The lowest BCUT2D eigenvalue weighted by molar-refractivity contribution is 0.164. The average Bonchev–Trinajstić information content (AvgIpc) is 2.63. The second-order valence-corrected chi connectivity index (χ2v) is 5.94. The van der Waals surface area contributed by atoms with Gasteiger partial charge in [-0.15, -0.1) is 0 Å². The number of para-hydroxylation sites is 1. The Morgan fingerprint density at radius 2 is 2.00 bits per heavy atom. The number of hydrogen-bond donors (Lipinski definition) is 1. The number of pyridine rings is 1. The standard InChI is InChI=1S/C19H25N3OS/c1-4-16-9-5-6-11-18(16)21-19(24)22(13-14-23-3)15(2)17-10-7-8-12-20-17/h5-12,15H,4,13-14H2,1-3H3,(H,21,24). The molecular weight excluding hydrogens is 318 g/mol. The van der Waals surface area contributed by atoms with Crippen molar-refractivity contribution in [3.05, 3.63) is 59.9 Å². The molecule has 0 aliphatic heterocycles. The summed E-state index contributed by atoms with van der Waals surface area (Å²) < 4.78 is 5.25. The quantitative estimate of drug-likeness (QED) is 0.768. The van der Waals surface area contributed by atoms with Crippen LogP contribution >= 0.6 is 12.2 Å². The highest BCUT2D eigenvalue weighted by molar-refractivity contribution is 7.80. The summed E-state index contributed by atoms with van der Waals surface area (Å²) in [5, 5.41) is 4.08. The lowest BCUT2D eigenvalue weighted by Crippen LogP contribution is -2.39. The van der Waals surface area contributed by atoms with Crippen LogP contribution in [0.5, 0.6) is 0 Å². The minimum absolute atomic E-state index is 0.0649.